The van der Waals surface area contributed by atoms with Crippen LogP contribution in [-0.4, -0.2) is 20.8 Å². The minimum Gasteiger partial charge on any atom is -0.304 e. The Bertz CT molecular complexity index is 517. The molecule has 3 heterocycles. The highest BCUT2D eigenvalue weighted by molar-refractivity contribution is 5.65. The van der Waals surface area contributed by atoms with E-state index >= 15 is 0 Å². The Morgan fingerprint density at radius 3 is 2.82 bits per heavy atom. The normalized spacial score (nSPS) is 23.4. The molecule has 0 aliphatic carbocycles. The molecule has 4 nitrogen and oxygen atoms in total. The molecule has 3 rings (SSSR count). The number of nitrogens with one attached hydrogen (secondary N) is 1. The van der Waals surface area contributed by atoms with Crippen LogP contribution in [0.4, 0.5) is 0 Å². The summed E-state index contributed by atoms with van der Waals surface area (Å²) in [5, 5.41) is 8.05. The first kappa shape index (κ1) is 10.5. The van der Waals surface area contributed by atoms with Crippen LogP contribution in [0.1, 0.15) is 25.6 Å². The van der Waals surface area contributed by atoms with E-state index in [0.717, 1.165) is 6.54 Å². The maximum Gasteiger partial charge on any atom is 0.0629 e. The van der Waals surface area contributed by atoms with Crippen molar-refractivity contribution < 1.29 is 0 Å². The van der Waals surface area contributed by atoms with Crippen molar-refractivity contribution in [2.75, 3.05) is 0 Å². The van der Waals surface area contributed by atoms with Gasteiger partial charge in [-0.1, -0.05) is 0 Å². The molecule has 2 aromatic heterocycles. The van der Waals surface area contributed by atoms with E-state index in [-0.39, 0.29) is 0 Å². The number of aromatic nitrogens is 3. The zero-order valence-electron chi connectivity index (χ0n) is 10.1. The van der Waals surface area contributed by atoms with E-state index in [9.17, 15) is 0 Å². The number of hydrogen-bond acceptors (Lipinski definition) is 3. The van der Waals surface area contributed by atoms with E-state index in [0.29, 0.717) is 12.1 Å². The Labute approximate surface area is 101 Å². The van der Waals surface area contributed by atoms with Crippen molar-refractivity contribution in [1.29, 1.82) is 0 Å². The van der Waals surface area contributed by atoms with Gasteiger partial charge in [0.25, 0.3) is 0 Å². The molecule has 2 atom stereocenters. The molecule has 88 valence electrons. The second-order valence-corrected chi connectivity index (χ2v) is 4.65. The minimum atomic E-state index is 0.337. The smallest absolute Gasteiger partial charge is 0.0629 e. The summed E-state index contributed by atoms with van der Waals surface area (Å²) in [5.41, 5.74) is 3.66. The number of nitrogens with zero attached hydrogens (tertiary/aromatic N) is 3. The fraction of sp³-hybridized carbons (Fsp3) is 0.385. The standard InChI is InChI=1S/C13H16N4/c1-9-8-17-13(10(2)16-9)12(7-15-17)11-3-5-14-6-4-11/h3-7,9-10,16H,8H2,1-2H3. The molecule has 0 radical (unpaired) electrons. The molecule has 1 N–H and O–H groups in total. The molecule has 0 saturated heterocycles. The first-order valence-electron chi connectivity index (χ1n) is 5.98. The average molecular weight is 228 g/mol. The van der Waals surface area contributed by atoms with Crippen molar-refractivity contribution in [2.24, 2.45) is 0 Å². The average Bonchev–Trinajstić information content (AvgIpc) is 2.74. The van der Waals surface area contributed by atoms with Gasteiger partial charge >= 0.3 is 0 Å². The van der Waals surface area contributed by atoms with Crippen molar-refractivity contribution >= 4 is 0 Å². The molecule has 0 aromatic carbocycles. The van der Waals surface area contributed by atoms with E-state index in [1.807, 2.05) is 30.7 Å². The maximum atomic E-state index is 4.49. The molecule has 0 bridgehead atoms. The van der Waals surface area contributed by atoms with Crippen LogP contribution in [0.2, 0.25) is 0 Å². The van der Waals surface area contributed by atoms with Gasteiger partial charge in [0.05, 0.1) is 18.4 Å². The van der Waals surface area contributed by atoms with Gasteiger partial charge in [-0.15, -0.1) is 0 Å². The zero-order valence-corrected chi connectivity index (χ0v) is 10.1. The lowest BCUT2D eigenvalue weighted by Crippen LogP contribution is -2.39. The van der Waals surface area contributed by atoms with Crippen molar-refractivity contribution in [3.8, 4) is 11.1 Å². The molecule has 4 heteroatoms. The molecule has 0 fully saturated rings. The Balaban J connectivity index is 2.09. The SMILES string of the molecule is CC1Cn2ncc(-c3ccncc3)c2C(C)N1. The van der Waals surface area contributed by atoms with Crippen LogP contribution < -0.4 is 5.32 Å². The summed E-state index contributed by atoms with van der Waals surface area (Å²) >= 11 is 0. The second-order valence-electron chi connectivity index (χ2n) is 4.65. The Kier molecular flexibility index (Phi) is 2.44. The van der Waals surface area contributed by atoms with Crippen molar-refractivity contribution in [2.45, 2.75) is 32.5 Å². The highest BCUT2D eigenvalue weighted by atomic mass is 15.3. The number of fused-ring (bicyclic) bond motifs is 1. The largest absolute Gasteiger partial charge is 0.304 e. The fourth-order valence-electron chi connectivity index (χ4n) is 2.57. The number of pyridine rings is 1. The zero-order chi connectivity index (χ0) is 11.8. The molecule has 1 aliphatic rings. The Morgan fingerprint density at radius 2 is 2.06 bits per heavy atom. The summed E-state index contributed by atoms with van der Waals surface area (Å²) in [7, 11) is 0. The minimum absolute atomic E-state index is 0.337. The van der Waals surface area contributed by atoms with Gasteiger partial charge in [0.15, 0.2) is 0 Å². The third kappa shape index (κ3) is 1.74. The van der Waals surface area contributed by atoms with Crippen molar-refractivity contribution in [3.63, 3.8) is 0 Å². The van der Waals surface area contributed by atoms with Gasteiger partial charge in [0.1, 0.15) is 0 Å². The van der Waals surface area contributed by atoms with Crippen molar-refractivity contribution in [3.05, 3.63) is 36.4 Å². The molecule has 2 unspecified atom stereocenters. The van der Waals surface area contributed by atoms with E-state index in [2.05, 4.69) is 33.9 Å². The van der Waals surface area contributed by atoms with Gasteiger partial charge < -0.3 is 5.32 Å². The van der Waals surface area contributed by atoms with Gasteiger partial charge in [-0.3, -0.25) is 9.67 Å². The van der Waals surface area contributed by atoms with Gasteiger partial charge in [-0.2, -0.15) is 5.10 Å². The topological polar surface area (TPSA) is 42.7 Å². The summed E-state index contributed by atoms with van der Waals surface area (Å²) in [6.45, 7) is 5.31. The molecule has 2 aromatic rings. The van der Waals surface area contributed by atoms with E-state index in [1.165, 1.54) is 16.8 Å². The number of hydrogen-bond donors (Lipinski definition) is 1. The van der Waals surface area contributed by atoms with Crippen LogP contribution >= 0.6 is 0 Å². The van der Waals surface area contributed by atoms with Crippen LogP contribution in [0.25, 0.3) is 11.1 Å². The quantitative estimate of drug-likeness (QED) is 0.811. The third-order valence-electron chi connectivity index (χ3n) is 3.26. The van der Waals surface area contributed by atoms with Crippen LogP contribution in [-0.2, 0) is 6.54 Å². The summed E-state index contributed by atoms with van der Waals surface area (Å²) in [5.74, 6) is 0. The first-order chi connectivity index (χ1) is 8.25. The fourth-order valence-corrected chi connectivity index (χ4v) is 2.57. The van der Waals surface area contributed by atoms with Gasteiger partial charge in [0.2, 0.25) is 0 Å². The summed E-state index contributed by atoms with van der Waals surface area (Å²) < 4.78 is 2.11. The molecular formula is C13H16N4. The highest BCUT2D eigenvalue weighted by Crippen LogP contribution is 2.30. The molecule has 0 amide bonds. The monoisotopic (exact) mass is 228 g/mol. The maximum absolute atomic E-state index is 4.49. The Morgan fingerprint density at radius 1 is 1.29 bits per heavy atom. The van der Waals surface area contributed by atoms with Crippen LogP contribution in [0.15, 0.2) is 30.7 Å². The molecule has 17 heavy (non-hydrogen) atoms. The molecule has 0 saturated carbocycles. The molecular weight excluding hydrogens is 212 g/mol. The second kappa shape index (κ2) is 3.96. The summed E-state index contributed by atoms with van der Waals surface area (Å²) in [6.07, 6.45) is 5.60. The lowest BCUT2D eigenvalue weighted by Gasteiger charge is -2.28. The number of rotatable bonds is 1. The van der Waals surface area contributed by atoms with E-state index in [4.69, 9.17) is 0 Å². The predicted octanol–water partition coefficient (Wildman–Crippen LogP) is 2.00. The molecule has 0 spiro atoms. The van der Waals surface area contributed by atoms with Gasteiger partial charge in [-0.05, 0) is 31.5 Å². The van der Waals surface area contributed by atoms with E-state index in [1.54, 1.807) is 0 Å². The Hall–Kier alpha value is -1.68. The highest BCUT2D eigenvalue weighted by Gasteiger charge is 2.24. The van der Waals surface area contributed by atoms with Crippen molar-refractivity contribution in [1.82, 2.24) is 20.1 Å². The summed E-state index contributed by atoms with van der Waals surface area (Å²) in [6, 6.07) is 4.87. The van der Waals surface area contributed by atoms with Crippen LogP contribution in [0, 0.1) is 0 Å². The third-order valence-corrected chi connectivity index (χ3v) is 3.26. The van der Waals surface area contributed by atoms with Gasteiger partial charge in [-0.25, -0.2) is 0 Å². The van der Waals surface area contributed by atoms with E-state index < -0.39 is 0 Å². The van der Waals surface area contributed by atoms with Gasteiger partial charge in [0, 0.05) is 30.0 Å². The first-order valence-corrected chi connectivity index (χ1v) is 5.98. The molecule has 1 aliphatic heterocycles. The van der Waals surface area contributed by atoms with Crippen LogP contribution in [0.5, 0.6) is 0 Å². The lowest BCUT2D eigenvalue weighted by atomic mass is 10.0. The summed E-state index contributed by atoms with van der Waals surface area (Å²) in [4.78, 5) is 4.06. The van der Waals surface area contributed by atoms with Crippen LogP contribution in [0.3, 0.4) is 0 Å². The predicted molar refractivity (Wildman–Crippen MR) is 66.5 cm³/mol. The lowest BCUT2D eigenvalue weighted by molar-refractivity contribution is 0.345.